The van der Waals surface area contributed by atoms with E-state index in [1.54, 1.807) is 14.2 Å². The van der Waals surface area contributed by atoms with Gasteiger partial charge in [-0.2, -0.15) is 0 Å². The molecule has 114 valence electrons. The van der Waals surface area contributed by atoms with Crippen molar-refractivity contribution in [2.24, 2.45) is 0 Å². The van der Waals surface area contributed by atoms with Crippen LogP contribution in [0.4, 0.5) is 0 Å². The van der Waals surface area contributed by atoms with E-state index in [2.05, 4.69) is 29.8 Å². The summed E-state index contributed by atoms with van der Waals surface area (Å²) in [6.45, 7) is 8.15. The SMILES string of the molecule is COc1cc(C)c(C(Br)c2c(C)oc(C)c2C)cc1OC. The maximum Gasteiger partial charge on any atom is 0.161 e. The van der Waals surface area contributed by atoms with E-state index in [1.807, 2.05) is 26.0 Å². The van der Waals surface area contributed by atoms with Crippen LogP contribution in [-0.2, 0) is 0 Å². The minimum absolute atomic E-state index is 0.0646. The largest absolute Gasteiger partial charge is 0.493 e. The zero-order chi connectivity index (χ0) is 15.7. The summed E-state index contributed by atoms with van der Waals surface area (Å²) in [7, 11) is 3.30. The highest BCUT2D eigenvalue weighted by Gasteiger charge is 2.23. The van der Waals surface area contributed by atoms with E-state index in [0.717, 1.165) is 34.1 Å². The summed E-state index contributed by atoms with van der Waals surface area (Å²) in [6.07, 6.45) is 0. The van der Waals surface area contributed by atoms with E-state index in [9.17, 15) is 0 Å². The Hall–Kier alpha value is -1.42. The van der Waals surface area contributed by atoms with E-state index in [0.29, 0.717) is 0 Å². The zero-order valence-corrected chi connectivity index (χ0v) is 14.9. The Morgan fingerprint density at radius 2 is 1.52 bits per heavy atom. The van der Waals surface area contributed by atoms with Crippen molar-refractivity contribution >= 4 is 15.9 Å². The molecule has 0 saturated heterocycles. The van der Waals surface area contributed by atoms with Crippen LogP contribution in [-0.4, -0.2) is 14.2 Å². The van der Waals surface area contributed by atoms with Gasteiger partial charge in [-0.05, 0) is 56.5 Å². The highest BCUT2D eigenvalue weighted by atomic mass is 79.9. The Labute approximate surface area is 134 Å². The van der Waals surface area contributed by atoms with Gasteiger partial charge < -0.3 is 13.9 Å². The van der Waals surface area contributed by atoms with Crippen molar-refractivity contribution in [2.75, 3.05) is 14.2 Å². The van der Waals surface area contributed by atoms with Crippen molar-refractivity contribution in [3.8, 4) is 11.5 Å². The van der Waals surface area contributed by atoms with Crippen LogP contribution in [0.15, 0.2) is 16.5 Å². The van der Waals surface area contributed by atoms with Crippen LogP contribution >= 0.6 is 15.9 Å². The third-order valence-corrected chi connectivity index (χ3v) is 4.87. The summed E-state index contributed by atoms with van der Waals surface area (Å²) in [5, 5.41) is 0. The second-order valence-corrected chi connectivity index (χ2v) is 6.10. The van der Waals surface area contributed by atoms with Crippen molar-refractivity contribution in [3.63, 3.8) is 0 Å². The minimum atomic E-state index is 0.0646. The van der Waals surface area contributed by atoms with Gasteiger partial charge in [0.2, 0.25) is 0 Å². The summed E-state index contributed by atoms with van der Waals surface area (Å²) >= 11 is 3.81. The van der Waals surface area contributed by atoms with Crippen molar-refractivity contribution in [3.05, 3.63) is 45.9 Å². The van der Waals surface area contributed by atoms with Gasteiger partial charge in [-0.15, -0.1) is 0 Å². The van der Waals surface area contributed by atoms with Gasteiger partial charge in [0.15, 0.2) is 11.5 Å². The van der Waals surface area contributed by atoms with Crippen LogP contribution in [0.1, 0.15) is 38.6 Å². The average Bonchev–Trinajstić information content (AvgIpc) is 2.71. The second kappa shape index (κ2) is 6.14. The molecule has 2 rings (SSSR count). The van der Waals surface area contributed by atoms with E-state index in [-0.39, 0.29) is 4.83 Å². The van der Waals surface area contributed by atoms with Crippen LogP contribution in [0.3, 0.4) is 0 Å². The van der Waals surface area contributed by atoms with Crippen molar-refractivity contribution in [1.29, 1.82) is 0 Å². The van der Waals surface area contributed by atoms with E-state index >= 15 is 0 Å². The first kappa shape index (κ1) is 16.0. The maximum absolute atomic E-state index is 5.74. The van der Waals surface area contributed by atoms with Crippen molar-refractivity contribution in [2.45, 2.75) is 32.5 Å². The van der Waals surface area contributed by atoms with Crippen LogP contribution in [0.5, 0.6) is 11.5 Å². The first-order valence-corrected chi connectivity index (χ1v) is 7.75. The Bertz CT molecular complexity index is 659. The molecule has 21 heavy (non-hydrogen) atoms. The molecule has 0 fully saturated rings. The highest BCUT2D eigenvalue weighted by Crippen LogP contribution is 2.42. The van der Waals surface area contributed by atoms with Crippen LogP contribution in [0.25, 0.3) is 0 Å². The number of rotatable bonds is 4. The van der Waals surface area contributed by atoms with Gasteiger partial charge in [0.25, 0.3) is 0 Å². The quantitative estimate of drug-likeness (QED) is 0.724. The lowest BCUT2D eigenvalue weighted by molar-refractivity contribution is 0.354. The topological polar surface area (TPSA) is 31.6 Å². The Morgan fingerprint density at radius 3 is 2.00 bits per heavy atom. The molecule has 0 amide bonds. The summed E-state index contributed by atoms with van der Waals surface area (Å²) in [4.78, 5) is 0.0646. The minimum Gasteiger partial charge on any atom is -0.493 e. The van der Waals surface area contributed by atoms with Gasteiger partial charge in [0.1, 0.15) is 11.5 Å². The third-order valence-electron chi connectivity index (χ3n) is 3.92. The predicted octanol–water partition coefficient (Wildman–Crippen LogP) is 5.01. The normalized spacial score (nSPS) is 12.3. The molecule has 0 aliphatic rings. The lowest BCUT2D eigenvalue weighted by Gasteiger charge is -2.17. The predicted molar refractivity (Wildman–Crippen MR) is 88.0 cm³/mol. The standard InChI is InChI=1S/C17H21BrO3/c1-9-7-14(19-5)15(20-6)8-13(9)17(18)16-10(2)11(3)21-12(16)4/h7-8,17H,1-6H3. The third kappa shape index (κ3) is 2.82. The van der Waals surface area contributed by atoms with Gasteiger partial charge in [0.05, 0.1) is 19.0 Å². The molecule has 0 N–H and O–H groups in total. The fourth-order valence-electron chi connectivity index (χ4n) is 2.61. The number of hydrogen-bond acceptors (Lipinski definition) is 3. The van der Waals surface area contributed by atoms with Gasteiger partial charge in [-0.3, -0.25) is 0 Å². The summed E-state index contributed by atoms with van der Waals surface area (Å²) in [5.74, 6) is 3.39. The molecule has 0 radical (unpaired) electrons. The van der Waals surface area contributed by atoms with Gasteiger partial charge in [-0.25, -0.2) is 0 Å². The molecular formula is C17H21BrO3. The van der Waals surface area contributed by atoms with Crippen LogP contribution in [0, 0.1) is 27.7 Å². The fourth-order valence-corrected chi connectivity index (χ4v) is 3.77. The lowest BCUT2D eigenvalue weighted by Crippen LogP contribution is -2.01. The average molecular weight is 353 g/mol. The molecule has 1 aromatic carbocycles. The first-order chi connectivity index (χ1) is 9.90. The van der Waals surface area contributed by atoms with Crippen molar-refractivity contribution < 1.29 is 13.9 Å². The molecule has 0 aliphatic carbocycles. The molecular weight excluding hydrogens is 332 g/mol. The van der Waals surface area contributed by atoms with Crippen LogP contribution in [0.2, 0.25) is 0 Å². The number of methoxy groups -OCH3 is 2. The van der Waals surface area contributed by atoms with E-state index in [4.69, 9.17) is 13.9 Å². The fraction of sp³-hybridized carbons (Fsp3) is 0.412. The van der Waals surface area contributed by atoms with E-state index < -0.39 is 0 Å². The van der Waals surface area contributed by atoms with Gasteiger partial charge in [-0.1, -0.05) is 15.9 Å². The molecule has 1 aromatic heterocycles. The number of ether oxygens (including phenoxy) is 2. The Balaban J connectivity index is 2.55. The molecule has 1 unspecified atom stereocenters. The maximum atomic E-state index is 5.74. The Morgan fingerprint density at radius 1 is 0.952 bits per heavy atom. The number of furan rings is 1. The summed E-state index contributed by atoms with van der Waals surface area (Å²) in [5.41, 5.74) is 4.67. The van der Waals surface area contributed by atoms with Crippen LogP contribution < -0.4 is 9.47 Å². The number of hydrogen-bond donors (Lipinski definition) is 0. The molecule has 1 heterocycles. The monoisotopic (exact) mass is 352 g/mol. The smallest absolute Gasteiger partial charge is 0.161 e. The highest BCUT2D eigenvalue weighted by molar-refractivity contribution is 9.09. The second-order valence-electron chi connectivity index (χ2n) is 5.18. The number of alkyl halides is 1. The molecule has 1 atom stereocenters. The molecule has 3 nitrogen and oxygen atoms in total. The van der Waals surface area contributed by atoms with Gasteiger partial charge >= 0.3 is 0 Å². The van der Waals surface area contributed by atoms with Crippen molar-refractivity contribution in [1.82, 2.24) is 0 Å². The number of aryl methyl sites for hydroxylation is 3. The zero-order valence-electron chi connectivity index (χ0n) is 13.3. The molecule has 0 saturated carbocycles. The lowest BCUT2D eigenvalue weighted by atomic mass is 9.97. The number of halogens is 1. The molecule has 0 bridgehead atoms. The summed E-state index contributed by atoms with van der Waals surface area (Å²) < 4.78 is 16.5. The number of benzene rings is 1. The molecule has 0 spiro atoms. The summed E-state index contributed by atoms with van der Waals surface area (Å²) in [6, 6.07) is 4.02. The molecule has 0 aliphatic heterocycles. The Kier molecular flexibility index (Phi) is 4.67. The van der Waals surface area contributed by atoms with E-state index in [1.165, 1.54) is 11.1 Å². The molecule has 4 heteroatoms. The molecule has 2 aromatic rings. The first-order valence-electron chi connectivity index (χ1n) is 6.83. The van der Waals surface area contributed by atoms with Gasteiger partial charge in [0, 0.05) is 5.56 Å².